The van der Waals surface area contributed by atoms with Gasteiger partial charge in [-0.1, -0.05) is 23.7 Å². The molecule has 0 saturated heterocycles. The molecule has 1 aliphatic rings. The molecule has 5 nitrogen and oxygen atoms in total. The average molecular weight is 343 g/mol. The van der Waals surface area contributed by atoms with E-state index in [1.165, 1.54) is 0 Å². The van der Waals surface area contributed by atoms with Gasteiger partial charge in [-0.05, 0) is 49.9 Å². The monoisotopic (exact) mass is 342 g/mol. The number of nitrogens with zero attached hydrogens (tertiary/aromatic N) is 3. The largest absolute Gasteiger partial charge is 0.393 e. The molecule has 24 heavy (non-hydrogen) atoms. The summed E-state index contributed by atoms with van der Waals surface area (Å²) in [5, 5.41) is 18.5. The smallest absolute Gasteiger partial charge is 0.154 e. The molecule has 2 heterocycles. The molecular weight excluding hydrogens is 324 g/mol. The van der Waals surface area contributed by atoms with Crippen molar-refractivity contribution >= 4 is 23.1 Å². The van der Waals surface area contributed by atoms with Gasteiger partial charge in [-0.2, -0.15) is 0 Å². The molecule has 0 bridgehead atoms. The molecule has 124 valence electrons. The van der Waals surface area contributed by atoms with Crippen LogP contribution < -0.4 is 5.32 Å². The number of aliphatic hydroxyl groups is 1. The summed E-state index contributed by atoms with van der Waals surface area (Å²) in [6.07, 6.45) is 5.31. The zero-order valence-electron chi connectivity index (χ0n) is 13.2. The van der Waals surface area contributed by atoms with E-state index in [0.29, 0.717) is 11.1 Å². The molecule has 2 aromatic heterocycles. The third-order valence-electron chi connectivity index (χ3n) is 4.55. The molecule has 0 aliphatic heterocycles. The number of anilines is 1. The van der Waals surface area contributed by atoms with Crippen molar-refractivity contribution in [2.24, 2.45) is 0 Å². The van der Waals surface area contributed by atoms with Crippen LogP contribution in [-0.2, 0) is 0 Å². The number of rotatable bonds is 3. The first-order valence-electron chi connectivity index (χ1n) is 8.24. The summed E-state index contributed by atoms with van der Waals surface area (Å²) in [6.45, 7) is 0. The van der Waals surface area contributed by atoms with Gasteiger partial charge in [-0.25, -0.2) is 9.50 Å². The van der Waals surface area contributed by atoms with Gasteiger partial charge in [0.2, 0.25) is 0 Å². The fourth-order valence-electron chi connectivity index (χ4n) is 3.20. The first-order chi connectivity index (χ1) is 11.7. The fraction of sp³-hybridized carbons (Fsp3) is 0.333. The number of benzene rings is 1. The molecule has 2 N–H and O–H groups in total. The quantitative estimate of drug-likeness (QED) is 0.760. The molecule has 1 aromatic carbocycles. The van der Waals surface area contributed by atoms with Crippen LogP contribution in [0.15, 0.2) is 42.6 Å². The van der Waals surface area contributed by atoms with Gasteiger partial charge in [0.05, 0.1) is 18.0 Å². The SMILES string of the molecule is OC1CCC(Nc2ccc3ncc(-c4ccc(Cl)cc4)n3n2)CC1. The second-order valence-corrected chi connectivity index (χ2v) is 6.73. The van der Waals surface area contributed by atoms with Gasteiger partial charge in [-0.3, -0.25) is 0 Å². The first kappa shape index (κ1) is 15.4. The standard InChI is InChI=1S/C18H19ClN4O/c19-13-3-1-12(2-4-13)16-11-20-18-10-9-17(22-23(16)18)21-14-5-7-15(24)8-6-14/h1-4,9-11,14-15,24H,5-8H2,(H,21,22). The predicted molar refractivity (Wildman–Crippen MR) is 95.3 cm³/mol. The van der Waals surface area contributed by atoms with Gasteiger partial charge in [-0.15, -0.1) is 5.10 Å². The summed E-state index contributed by atoms with van der Waals surface area (Å²) < 4.78 is 1.85. The zero-order valence-corrected chi connectivity index (χ0v) is 13.9. The maximum Gasteiger partial charge on any atom is 0.154 e. The van der Waals surface area contributed by atoms with Gasteiger partial charge < -0.3 is 10.4 Å². The molecule has 4 rings (SSSR count). The van der Waals surface area contributed by atoms with Crippen molar-refractivity contribution in [2.75, 3.05) is 5.32 Å². The van der Waals surface area contributed by atoms with Gasteiger partial charge in [0.1, 0.15) is 5.82 Å². The molecule has 0 unspecified atom stereocenters. The molecule has 1 saturated carbocycles. The summed E-state index contributed by atoms with van der Waals surface area (Å²) in [5.41, 5.74) is 2.77. The van der Waals surface area contributed by atoms with Crippen LogP contribution in [0, 0.1) is 0 Å². The highest BCUT2D eigenvalue weighted by Gasteiger charge is 2.19. The number of fused-ring (bicyclic) bond motifs is 1. The summed E-state index contributed by atoms with van der Waals surface area (Å²) in [5.74, 6) is 0.831. The Hall–Kier alpha value is -2.11. The number of nitrogens with one attached hydrogen (secondary N) is 1. The lowest BCUT2D eigenvalue weighted by Crippen LogP contribution is -2.28. The number of aromatic nitrogens is 3. The molecule has 0 radical (unpaired) electrons. The van der Waals surface area contributed by atoms with Crippen molar-refractivity contribution in [2.45, 2.75) is 37.8 Å². The Morgan fingerprint density at radius 2 is 1.79 bits per heavy atom. The Labute approximate surface area is 145 Å². The highest BCUT2D eigenvalue weighted by molar-refractivity contribution is 6.30. The van der Waals surface area contributed by atoms with E-state index < -0.39 is 0 Å². The molecule has 1 fully saturated rings. The molecule has 3 aromatic rings. The Morgan fingerprint density at radius 3 is 2.54 bits per heavy atom. The lowest BCUT2D eigenvalue weighted by molar-refractivity contribution is 0.126. The third kappa shape index (κ3) is 3.09. The molecular formula is C18H19ClN4O. The van der Waals surface area contributed by atoms with Gasteiger partial charge >= 0.3 is 0 Å². The lowest BCUT2D eigenvalue weighted by atomic mass is 9.93. The first-order valence-corrected chi connectivity index (χ1v) is 8.62. The zero-order chi connectivity index (χ0) is 16.5. The second kappa shape index (κ2) is 6.42. The van der Waals surface area contributed by atoms with E-state index in [1.54, 1.807) is 0 Å². The molecule has 0 spiro atoms. The van der Waals surface area contributed by atoms with E-state index in [0.717, 1.165) is 48.4 Å². The normalized spacial score (nSPS) is 21.1. The van der Waals surface area contributed by atoms with Crippen molar-refractivity contribution in [3.05, 3.63) is 47.6 Å². The van der Waals surface area contributed by atoms with E-state index in [4.69, 9.17) is 16.7 Å². The van der Waals surface area contributed by atoms with Crippen molar-refractivity contribution in [1.82, 2.24) is 14.6 Å². The number of imidazole rings is 1. The van der Waals surface area contributed by atoms with Crippen molar-refractivity contribution < 1.29 is 5.11 Å². The van der Waals surface area contributed by atoms with Crippen LogP contribution in [0.4, 0.5) is 5.82 Å². The number of aliphatic hydroxyl groups excluding tert-OH is 1. The van der Waals surface area contributed by atoms with Gasteiger partial charge in [0.15, 0.2) is 5.65 Å². The van der Waals surface area contributed by atoms with Gasteiger partial charge in [0, 0.05) is 16.6 Å². The average Bonchev–Trinajstić information content (AvgIpc) is 3.01. The summed E-state index contributed by atoms with van der Waals surface area (Å²) in [7, 11) is 0. The number of hydrogen-bond donors (Lipinski definition) is 2. The Kier molecular flexibility index (Phi) is 4.12. The van der Waals surface area contributed by atoms with Gasteiger partial charge in [0.25, 0.3) is 0 Å². The summed E-state index contributed by atoms with van der Waals surface area (Å²) in [6, 6.07) is 12.0. The Morgan fingerprint density at radius 1 is 1.04 bits per heavy atom. The highest BCUT2D eigenvalue weighted by Crippen LogP contribution is 2.24. The molecule has 1 aliphatic carbocycles. The minimum atomic E-state index is -0.149. The van der Waals surface area contributed by atoms with Crippen molar-refractivity contribution in [3.8, 4) is 11.3 Å². The van der Waals surface area contributed by atoms with Crippen molar-refractivity contribution in [1.29, 1.82) is 0 Å². The molecule has 0 atom stereocenters. The van der Waals surface area contributed by atoms with Crippen LogP contribution in [0.2, 0.25) is 5.02 Å². The number of halogens is 1. The van der Waals surface area contributed by atoms with E-state index in [2.05, 4.69) is 10.3 Å². The highest BCUT2D eigenvalue weighted by atomic mass is 35.5. The van der Waals surface area contributed by atoms with E-state index >= 15 is 0 Å². The minimum Gasteiger partial charge on any atom is -0.393 e. The van der Waals surface area contributed by atoms with Crippen LogP contribution in [-0.4, -0.2) is 31.9 Å². The van der Waals surface area contributed by atoms with E-state index in [9.17, 15) is 5.11 Å². The van der Waals surface area contributed by atoms with E-state index in [1.807, 2.05) is 47.1 Å². The maximum absolute atomic E-state index is 9.62. The van der Waals surface area contributed by atoms with Crippen LogP contribution in [0.3, 0.4) is 0 Å². The topological polar surface area (TPSA) is 62.5 Å². The van der Waals surface area contributed by atoms with Crippen LogP contribution in [0.1, 0.15) is 25.7 Å². The lowest BCUT2D eigenvalue weighted by Gasteiger charge is -2.26. The maximum atomic E-state index is 9.62. The fourth-order valence-corrected chi connectivity index (χ4v) is 3.32. The van der Waals surface area contributed by atoms with Crippen LogP contribution in [0.5, 0.6) is 0 Å². The van der Waals surface area contributed by atoms with Crippen molar-refractivity contribution in [3.63, 3.8) is 0 Å². The predicted octanol–water partition coefficient (Wildman–Crippen LogP) is 3.77. The Bertz CT molecular complexity index is 838. The summed E-state index contributed by atoms with van der Waals surface area (Å²) in [4.78, 5) is 4.42. The molecule has 6 heteroatoms. The summed E-state index contributed by atoms with van der Waals surface area (Å²) >= 11 is 5.97. The Balaban J connectivity index is 1.62. The third-order valence-corrected chi connectivity index (χ3v) is 4.80. The second-order valence-electron chi connectivity index (χ2n) is 6.29. The van der Waals surface area contributed by atoms with Crippen LogP contribution in [0.25, 0.3) is 16.9 Å². The molecule has 0 amide bonds. The minimum absolute atomic E-state index is 0.149. The van der Waals surface area contributed by atoms with Crippen LogP contribution >= 0.6 is 11.6 Å². The number of hydrogen-bond acceptors (Lipinski definition) is 4. The van der Waals surface area contributed by atoms with E-state index in [-0.39, 0.29) is 6.10 Å².